The van der Waals surface area contributed by atoms with Gasteiger partial charge >= 0.3 is 6.18 Å². The van der Waals surface area contributed by atoms with Crippen molar-refractivity contribution in [3.8, 4) is 0 Å². The number of aromatic nitrogens is 2. The number of hydrogen-bond donors (Lipinski definition) is 1. The van der Waals surface area contributed by atoms with Gasteiger partial charge in [0, 0.05) is 30.3 Å². The molecular formula is C16H14Cl2F3N3O. The molecular weight excluding hydrogens is 378 g/mol. The fourth-order valence-electron chi connectivity index (χ4n) is 2.46. The second-order valence-corrected chi connectivity index (χ2v) is 6.69. The zero-order valence-corrected chi connectivity index (χ0v) is 14.4. The first-order valence-electron chi connectivity index (χ1n) is 7.64. The largest absolute Gasteiger partial charge is 0.435 e. The summed E-state index contributed by atoms with van der Waals surface area (Å²) >= 11 is 11.7. The molecule has 0 saturated heterocycles. The molecule has 1 saturated carbocycles. The van der Waals surface area contributed by atoms with Gasteiger partial charge in [-0.1, -0.05) is 23.2 Å². The van der Waals surface area contributed by atoms with Crippen LogP contribution in [0.5, 0.6) is 0 Å². The molecule has 25 heavy (non-hydrogen) atoms. The molecule has 134 valence electrons. The second-order valence-electron chi connectivity index (χ2n) is 5.88. The van der Waals surface area contributed by atoms with Gasteiger partial charge in [-0.15, -0.1) is 0 Å². The molecule has 1 aromatic heterocycles. The SMILES string of the molecule is O=C(CCn1nc(C(F)(F)F)cc1C1CC1)Nc1ccc(Cl)c(Cl)c1. The lowest BCUT2D eigenvalue weighted by atomic mass is 10.2. The highest BCUT2D eigenvalue weighted by Gasteiger charge is 2.37. The summed E-state index contributed by atoms with van der Waals surface area (Å²) in [7, 11) is 0. The molecule has 4 nitrogen and oxygen atoms in total. The topological polar surface area (TPSA) is 46.9 Å². The van der Waals surface area contributed by atoms with Crippen molar-refractivity contribution in [1.82, 2.24) is 9.78 Å². The Labute approximate surface area is 151 Å². The average Bonchev–Trinajstić information content (AvgIpc) is 3.27. The Balaban J connectivity index is 1.65. The third-order valence-corrected chi connectivity index (χ3v) is 4.59. The highest BCUT2D eigenvalue weighted by Crippen LogP contribution is 2.42. The van der Waals surface area contributed by atoms with Gasteiger partial charge in [0.25, 0.3) is 0 Å². The molecule has 0 aliphatic heterocycles. The van der Waals surface area contributed by atoms with Gasteiger partial charge in [-0.2, -0.15) is 18.3 Å². The van der Waals surface area contributed by atoms with Crippen LogP contribution in [0.4, 0.5) is 18.9 Å². The Kier molecular flexibility index (Phi) is 4.97. The number of halogens is 5. The number of aryl methyl sites for hydroxylation is 1. The maximum absolute atomic E-state index is 12.8. The van der Waals surface area contributed by atoms with Crippen LogP contribution in [0.3, 0.4) is 0 Å². The van der Waals surface area contributed by atoms with Crippen LogP contribution in [-0.2, 0) is 17.5 Å². The summed E-state index contributed by atoms with van der Waals surface area (Å²) in [6, 6.07) is 5.73. The predicted octanol–water partition coefficient (Wildman–Crippen LogP) is 5.11. The van der Waals surface area contributed by atoms with Crippen LogP contribution in [0.15, 0.2) is 24.3 Å². The maximum atomic E-state index is 12.8. The minimum absolute atomic E-state index is 0.00105. The van der Waals surface area contributed by atoms with Crippen molar-refractivity contribution >= 4 is 34.8 Å². The van der Waals surface area contributed by atoms with Crippen LogP contribution in [0.2, 0.25) is 10.0 Å². The van der Waals surface area contributed by atoms with Gasteiger partial charge in [-0.25, -0.2) is 0 Å². The van der Waals surface area contributed by atoms with E-state index in [-0.39, 0.29) is 24.8 Å². The van der Waals surface area contributed by atoms with Crippen molar-refractivity contribution in [3.05, 3.63) is 45.7 Å². The Bertz CT molecular complexity index is 800. The summed E-state index contributed by atoms with van der Waals surface area (Å²) in [6.07, 6.45) is -2.80. The second kappa shape index (κ2) is 6.88. The van der Waals surface area contributed by atoms with E-state index in [1.54, 1.807) is 12.1 Å². The van der Waals surface area contributed by atoms with Gasteiger partial charge in [0.1, 0.15) is 0 Å². The van der Waals surface area contributed by atoms with Crippen LogP contribution in [-0.4, -0.2) is 15.7 Å². The molecule has 1 aromatic carbocycles. The normalized spacial score (nSPS) is 14.6. The lowest BCUT2D eigenvalue weighted by Gasteiger charge is -2.08. The van der Waals surface area contributed by atoms with Crippen molar-refractivity contribution in [3.63, 3.8) is 0 Å². The lowest BCUT2D eigenvalue weighted by molar-refractivity contribution is -0.141. The van der Waals surface area contributed by atoms with Crippen LogP contribution < -0.4 is 5.32 Å². The number of carbonyl (C=O) groups excluding carboxylic acids is 1. The first-order chi connectivity index (χ1) is 11.7. The summed E-state index contributed by atoms with van der Waals surface area (Å²) in [5.74, 6) is -0.245. The number of alkyl halides is 3. The highest BCUT2D eigenvalue weighted by atomic mass is 35.5. The minimum atomic E-state index is -4.49. The number of carbonyl (C=O) groups is 1. The molecule has 0 spiro atoms. The Morgan fingerprint density at radius 3 is 2.56 bits per heavy atom. The smallest absolute Gasteiger partial charge is 0.326 e. The van der Waals surface area contributed by atoms with Crippen molar-refractivity contribution in [2.24, 2.45) is 0 Å². The molecule has 9 heteroatoms. The van der Waals surface area contributed by atoms with Gasteiger partial charge in [-0.3, -0.25) is 9.48 Å². The summed E-state index contributed by atoms with van der Waals surface area (Å²) < 4.78 is 39.8. The molecule has 0 radical (unpaired) electrons. The highest BCUT2D eigenvalue weighted by molar-refractivity contribution is 6.42. The van der Waals surface area contributed by atoms with E-state index in [1.807, 2.05) is 0 Å². The zero-order valence-electron chi connectivity index (χ0n) is 12.9. The fourth-order valence-corrected chi connectivity index (χ4v) is 2.76. The third-order valence-electron chi connectivity index (χ3n) is 3.85. The maximum Gasteiger partial charge on any atom is 0.435 e. The van der Waals surface area contributed by atoms with E-state index in [2.05, 4.69) is 10.4 Å². The molecule has 3 rings (SSSR count). The molecule has 1 N–H and O–H groups in total. The van der Waals surface area contributed by atoms with E-state index in [0.29, 0.717) is 21.4 Å². The Hall–Kier alpha value is -1.73. The summed E-state index contributed by atoms with van der Waals surface area (Å²) in [5.41, 5.74) is 0.0900. The first kappa shape index (κ1) is 18.1. The third kappa shape index (κ3) is 4.46. The zero-order chi connectivity index (χ0) is 18.2. The van der Waals surface area contributed by atoms with Crippen LogP contribution in [0, 0.1) is 0 Å². The molecule has 1 aliphatic rings. The van der Waals surface area contributed by atoms with Gasteiger partial charge in [0.15, 0.2) is 5.69 Å². The molecule has 0 bridgehead atoms. The Morgan fingerprint density at radius 1 is 1.24 bits per heavy atom. The number of nitrogens with one attached hydrogen (secondary N) is 1. The van der Waals surface area contributed by atoms with Crippen molar-refractivity contribution < 1.29 is 18.0 Å². The van der Waals surface area contributed by atoms with E-state index in [1.165, 1.54) is 10.7 Å². The molecule has 0 unspecified atom stereocenters. The van der Waals surface area contributed by atoms with Crippen LogP contribution >= 0.6 is 23.2 Å². The fraction of sp³-hybridized carbons (Fsp3) is 0.375. The van der Waals surface area contributed by atoms with E-state index >= 15 is 0 Å². The summed E-state index contributed by atoms with van der Waals surface area (Å²) in [6.45, 7) is 0.0784. The number of amides is 1. The summed E-state index contributed by atoms with van der Waals surface area (Å²) in [5, 5.41) is 6.93. The van der Waals surface area contributed by atoms with E-state index < -0.39 is 11.9 Å². The number of hydrogen-bond acceptors (Lipinski definition) is 2. The van der Waals surface area contributed by atoms with Crippen molar-refractivity contribution in [1.29, 1.82) is 0 Å². The lowest BCUT2D eigenvalue weighted by Crippen LogP contribution is -2.16. The average molecular weight is 392 g/mol. The van der Waals surface area contributed by atoms with Gasteiger partial charge < -0.3 is 5.32 Å². The van der Waals surface area contributed by atoms with Gasteiger partial charge in [-0.05, 0) is 37.1 Å². The molecule has 1 heterocycles. The standard InChI is InChI=1S/C16H14Cl2F3N3O/c17-11-4-3-10(7-12(11)18)22-15(25)5-6-24-13(9-1-2-9)8-14(23-24)16(19,20)21/h3-4,7-9H,1-2,5-6H2,(H,22,25). The van der Waals surface area contributed by atoms with Gasteiger partial charge in [0.05, 0.1) is 10.0 Å². The number of anilines is 1. The first-order valence-corrected chi connectivity index (χ1v) is 8.39. The number of nitrogens with zero attached hydrogens (tertiary/aromatic N) is 2. The van der Waals surface area contributed by atoms with Crippen molar-refractivity contribution in [2.45, 2.75) is 37.9 Å². The van der Waals surface area contributed by atoms with E-state index in [9.17, 15) is 18.0 Å². The summed E-state index contributed by atoms with van der Waals surface area (Å²) in [4.78, 5) is 12.0. The monoisotopic (exact) mass is 391 g/mol. The van der Waals surface area contributed by atoms with Crippen LogP contribution in [0.1, 0.15) is 36.6 Å². The van der Waals surface area contributed by atoms with E-state index in [0.717, 1.165) is 18.9 Å². The van der Waals surface area contributed by atoms with Crippen molar-refractivity contribution in [2.75, 3.05) is 5.32 Å². The quantitative estimate of drug-likeness (QED) is 0.768. The predicted molar refractivity (Wildman–Crippen MR) is 88.9 cm³/mol. The molecule has 1 fully saturated rings. The Morgan fingerprint density at radius 2 is 1.96 bits per heavy atom. The van der Waals surface area contributed by atoms with Crippen LogP contribution in [0.25, 0.3) is 0 Å². The molecule has 2 aromatic rings. The molecule has 0 atom stereocenters. The number of rotatable bonds is 5. The molecule has 1 amide bonds. The minimum Gasteiger partial charge on any atom is -0.326 e. The van der Waals surface area contributed by atoms with E-state index in [4.69, 9.17) is 23.2 Å². The number of benzene rings is 1. The molecule has 1 aliphatic carbocycles. The van der Waals surface area contributed by atoms with Gasteiger partial charge in [0.2, 0.25) is 5.91 Å².